The zero-order chi connectivity index (χ0) is 27.0. The summed E-state index contributed by atoms with van der Waals surface area (Å²) in [4.78, 5) is 38.0. The van der Waals surface area contributed by atoms with Crippen molar-refractivity contribution in [3.05, 3.63) is 63.4 Å². The van der Waals surface area contributed by atoms with Gasteiger partial charge in [0.05, 0.1) is 25.9 Å². The number of hydrogen-bond acceptors (Lipinski definition) is 10. The molecule has 6 atom stereocenters. The van der Waals surface area contributed by atoms with E-state index < -0.39 is 68.6 Å². The molecular formula is C23H32N3O10P. The fraction of sp³-hybridized carbons (Fsp3) is 0.522. The smallest absolute Gasteiger partial charge is 0.459 e. The normalized spacial score (nSPS) is 23.8. The van der Waals surface area contributed by atoms with E-state index in [9.17, 15) is 29.2 Å². The van der Waals surface area contributed by atoms with E-state index in [4.69, 9.17) is 18.5 Å². The van der Waals surface area contributed by atoms with E-state index in [1.54, 1.807) is 30.3 Å². The number of hydrogen-bond donors (Lipinski definition) is 4. The van der Waals surface area contributed by atoms with Crippen molar-refractivity contribution >= 4 is 13.7 Å². The molecule has 1 saturated heterocycles. The van der Waals surface area contributed by atoms with Gasteiger partial charge >= 0.3 is 19.4 Å². The third kappa shape index (κ3) is 7.60. The van der Waals surface area contributed by atoms with E-state index in [1.807, 2.05) is 6.92 Å². The fourth-order valence-electron chi connectivity index (χ4n) is 3.65. The first-order valence-corrected chi connectivity index (χ1v) is 13.4. The topological polar surface area (TPSA) is 178 Å². The van der Waals surface area contributed by atoms with Gasteiger partial charge in [0.15, 0.2) is 6.23 Å². The summed E-state index contributed by atoms with van der Waals surface area (Å²) < 4.78 is 36.7. The molecule has 204 valence electrons. The molecule has 0 aliphatic carbocycles. The minimum absolute atomic E-state index is 0.202. The standard InChI is InChI=1S/C23H32N3O10P/c1-3-4-12-33-22(30)15(2)25-37(32,36-16-8-6-5-7-9-16)34-14-18-17(13-27)20(29)21(35-18)26-11-10-19(28)24-23(26)31/h5-11,15,17-18,20-21,27,29H,3-4,12-14H2,1-2H3,(H,25,32)(H,24,28,31)/t15-,17-,18-,20-,21-,37?/m1/s1. The largest absolute Gasteiger partial charge is 0.465 e. The highest BCUT2D eigenvalue weighted by atomic mass is 31.2. The van der Waals surface area contributed by atoms with E-state index >= 15 is 0 Å². The van der Waals surface area contributed by atoms with E-state index in [0.29, 0.717) is 6.42 Å². The molecule has 0 radical (unpaired) electrons. The number of carbonyl (C=O) groups is 1. The van der Waals surface area contributed by atoms with Gasteiger partial charge in [-0.05, 0) is 25.5 Å². The molecule has 1 aliphatic heterocycles. The Morgan fingerprint density at radius 3 is 2.65 bits per heavy atom. The minimum Gasteiger partial charge on any atom is -0.465 e. The maximum atomic E-state index is 13.7. The Kier molecular flexibility index (Phi) is 10.2. The number of aliphatic hydroxyl groups is 2. The maximum absolute atomic E-state index is 13.7. The average molecular weight is 541 g/mol. The molecule has 3 rings (SSSR count). The number of unbranched alkanes of at least 4 members (excludes halogenated alkanes) is 1. The summed E-state index contributed by atoms with van der Waals surface area (Å²) in [7, 11) is -4.22. The van der Waals surface area contributed by atoms with Crippen molar-refractivity contribution in [1.29, 1.82) is 0 Å². The van der Waals surface area contributed by atoms with Gasteiger partial charge in [0, 0.05) is 18.2 Å². The molecule has 2 aromatic rings. The molecule has 2 heterocycles. The van der Waals surface area contributed by atoms with Crippen LogP contribution in [0.4, 0.5) is 0 Å². The highest BCUT2D eigenvalue weighted by molar-refractivity contribution is 7.52. The summed E-state index contributed by atoms with van der Waals surface area (Å²) in [6.45, 7) is 2.63. The lowest BCUT2D eigenvalue weighted by Gasteiger charge is -2.25. The summed E-state index contributed by atoms with van der Waals surface area (Å²) in [5, 5.41) is 23.1. The number of H-pyrrole nitrogens is 1. The lowest BCUT2D eigenvalue weighted by atomic mass is 9.99. The van der Waals surface area contributed by atoms with Gasteiger partial charge in [-0.15, -0.1) is 0 Å². The van der Waals surface area contributed by atoms with Gasteiger partial charge < -0.3 is 24.2 Å². The lowest BCUT2D eigenvalue weighted by molar-refractivity contribution is -0.145. The number of carbonyl (C=O) groups excluding carboxylic acids is 1. The Morgan fingerprint density at radius 1 is 1.27 bits per heavy atom. The zero-order valence-electron chi connectivity index (χ0n) is 20.5. The molecule has 14 heteroatoms. The van der Waals surface area contributed by atoms with E-state index in [0.717, 1.165) is 23.3 Å². The molecule has 0 saturated carbocycles. The SMILES string of the molecule is CCCCOC(=O)[C@@H](C)NP(=O)(OC[C@H]1O[C@@H](n2ccc(=O)[nH]c2=O)[C@H](O)[C@@H]1CO)Oc1ccccc1. The highest BCUT2D eigenvalue weighted by Crippen LogP contribution is 2.46. The van der Waals surface area contributed by atoms with Crippen LogP contribution < -0.4 is 20.9 Å². The van der Waals surface area contributed by atoms with E-state index in [1.165, 1.54) is 6.92 Å². The van der Waals surface area contributed by atoms with Crippen LogP contribution in [0.1, 0.15) is 32.9 Å². The molecule has 0 bridgehead atoms. The molecule has 37 heavy (non-hydrogen) atoms. The maximum Gasteiger partial charge on any atom is 0.459 e. The summed E-state index contributed by atoms with van der Waals surface area (Å²) in [5.74, 6) is -1.37. The van der Waals surface area contributed by atoms with Crippen molar-refractivity contribution < 1.29 is 38.1 Å². The molecule has 1 aromatic heterocycles. The van der Waals surface area contributed by atoms with Crippen LogP contribution in [0.15, 0.2) is 52.2 Å². The second-order valence-electron chi connectivity index (χ2n) is 8.49. The van der Waals surface area contributed by atoms with Crippen molar-refractivity contribution in [3.8, 4) is 5.75 Å². The lowest BCUT2D eigenvalue weighted by Crippen LogP contribution is -2.37. The van der Waals surface area contributed by atoms with Crippen molar-refractivity contribution in [1.82, 2.24) is 14.6 Å². The molecular weight excluding hydrogens is 509 g/mol. The zero-order valence-corrected chi connectivity index (χ0v) is 21.4. The Morgan fingerprint density at radius 2 is 2.00 bits per heavy atom. The number of benzene rings is 1. The van der Waals surface area contributed by atoms with E-state index in [-0.39, 0.29) is 12.4 Å². The number of aliphatic hydroxyl groups excluding tert-OH is 2. The Balaban J connectivity index is 1.76. The number of ether oxygens (including phenoxy) is 2. The first kappa shape index (κ1) is 28.8. The fourth-order valence-corrected chi connectivity index (χ4v) is 5.15. The number of para-hydroxylation sites is 1. The Bertz CT molecular complexity index is 1190. The summed E-state index contributed by atoms with van der Waals surface area (Å²) in [5.41, 5.74) is -1.44. The second-order valence-corrected chi connectivity index (χ2v) is 10.2. The van der Waals surface area contributed by atoms with Crippen molar-refractivity contribution in [3.63, 3.8) is 0 Å². The van der Waals surface area contributed by atoms with Gasteiger partial charge in [-0.2, -0.15) is 5.09 Å². The Hall–Kier alpha value is -2.80. The van der Waals surface area contributed by atoms with Crippen LogP contribution in [-0.2, 0) is 23.4 Å². The summed E-state index contributed by atoms with van der Waals surface area (Å²) in [6.07, 6.45) is -0.952. The summed E-state index contributed by atoms with van der Waals surface area (Å²) >= 11 is 0. The Labute approximate surface area is 212 Å². The van der Waals surface area contributed by atoms with Gasteiger partial charge in [-0.25, -0.2) is 9.36 Å². The molecule has 0 amide bonds. The first-order valence-electron chi connectivity index (χ1n) is 11.9. The van der Waals surface area contributed by atoms with Gasteiger partial charge in [0.2, 0.25) is 0 Å². The van der Waals surface area contributed by atoms with Crippen LogP contribution in [0, 0.1) is 5.92 Å². The van der Waals surface area contributed by atoms with Crippen LogP contribution in [0.25, 0.3) is 0 Å². The summed E-state index contributed by atoms with van der Waals surface area (Å²) in [6, 6.07) is 8.18. The van der Waals surface area contributed by atoms with Crippen molar-refractivity contribution in [2.75, 3.05) is 19.8 Å². The van der Waals surface area contributed by atoms with Gasteiger partial charge in [0.1, 0.15) is 17.9 Å². The van der Waals surface area contributed by atoms with Crippen LogP contribution in [0.2, 0.25) is 0 Å². The van der Waals surface area contributed by atoms with Gasteiger partial charge in [-0.1, -0.05) is 31.5 Å². The molecule has 1 aromatic carbocycles. The first-order chi connectivity index (χ1) is 17.7. The monoisotopic (exact) mass is 541 g/mol. The minimum atomic E-state index is -4.22. The molecule has 1 fully saturated rings. The van der Waals surface area contributed by atoms with Gasteiger partial charge in [0.25, 0.3) is 5.56 Å². The number of nitrogens with zero attached hydrogens (tertiary/aromatic N) is 1. The second kappa shape index (κ2) is 13.1. The number of nitrogens with one attached hydrogen (secondary N) is 2. The van der Waals surface area contributed by atoms with Crippen LogP contribution in [0.5, 0.6) is 5.75 Å². The number of aromatic nitrogens is 2. The molecule has 13 nitrogen and oxygen atoms in total. The number of esters is 1. The quantitative estimate of drug-likeness (QED) is 0.161. The van der Waals surface area contributed by atoms with Crippen molar-refractivity contribution in [2.45, 2.75) is 51.2 Å². The van der Waals surface area contributed by atoms with Crippen LogP contribution in [0.3, 0.4) is 0 Å². The van der Waals surface area contributed by atoms with Gasteiger partial charge in [-0.3, -0.25) is 23.7 Å². The van der Waals surface area contributed by atoms with E-state index in [2.05, 4.69) is 10.1 Å². The molecule has 1 aliphatic rings. The van der Waals surface area contributed by atoms with Crippen LogP contribution in [-0.4, -0.2) is 63.8 Å². The highest BCUT2D eigenvalue weighted by Gasteiger charge is 2.46. The van der Waals surface area contributed by atoms with Crippen LogP contribution >= 0.6 is 7.75 Å². The third-order valence-corrected chi connectivity index (χ3v) is 7.33. The number of rotatable bonds is 13. The number of aromatic amines is 1. The molecule has 4 N–H and O–H groups in total. The predicted octanol–water partition coefficient (Wildman–Crippen LogP) is 0.929. The third-order valence-electron chi connectivity index (χ3n) is 5.68. The molecule has 1 unspecified atom stereocenters. The average Bonchev–Trinajstić information content (AvgIpc) is 3.18. The van der Waals surface area contributed by atoms with Crippen molar-refractivity contribution in [2.24, 2.45) is 5.92 Å². The molecule has 0 spiro atoms. The predicted molar refractivity (Wildman–Crippen MR) is 131 cm³/mol.